The van der Waals surface area contributed by atoms with Crippen molar-refractivity contribution in [2.45, 2.75) is 6.54 Å². The van der Waals surface area contributed by atoms with Crippen molar-refractivity contribution in [3.63, 3.8) is 0 Å². The first-order valence-corrected chi connectivity index (χ1v) is 5.46. The zero-order valence-corrected chi connectivity index (χ0v) is 10.2. The standard InChI is InChI=1S/C10H7N7O3/c1-15-4-12-8-7(15)9(18)16(5-13-8)2-6-14-17(3-11)10(19)20-6/h4-5H,2H2,1H3. The third-order valence-corrected chi connectivity index (χ3v) is 2.69. The van der Waals surface area contributed by atoms with Gasteiger partial charge in [0.05, 0.1) is 6.33 Å². The molecule has 100 valence electrons. The number of nitriles is 1. The van der Waals surface area contributed by atoms with E-state index in [1.54, 1.807) is 11.6 Å². The quantitative estimate of drug-likeness (QED) is 0.565. The van der Waals surface area contributed by atoms with Crippen LogP contribution in [-0.2, 0) is 13.6 Å². The number of aromatic nitrogens is 6. The Hall–Kier alpha value is -3.22. The second-order valence-corrected chi connectivity index (χ2v) is 3.98. The van der Waals surface area contributed by atoms with Crippen LogP contribution in [0.15, 0.2) is 26.7 Å². The molecule has 0 N–H and O–H groups in total. The summed E-state index contributed by atoms with van der Waals surface area (Å²) in [6.07, 6.45) is 4.29. The molecule has 0 radical (unpaired) electrons. The fourth-order valence-electron chi connectivity index (χ4n) is 1.77. The number of imidazole rings is 1. The molecule has 10 nitrogen and oxygen atoms in total. The number of hydrogen-bond acceptors (Lipinski definition) is 7. The van der Waals surface area contributed by atoms with E-state index in [1.807, 2.05) is 0 Å². The summed E-state index contributed by atoms with van der Waals surface area (Å²) < 4.78 is 8.01. The summed E-state index contributed by atoms with van der Waals surface area (Å²) in [4.78, 5) is 31.4. The molecule has 0 spiro atoms. The van der Waals surface area contributed by atoms with Crippen LogP contribution in [0.5, 0.6) is 0 Å². The lowest BCUT2D eigenvalue weighted by atomic mass is 10.5. The molecule has 3 aromatic rings. The van der Waals surface area contributed by atoms with Crippen LogP contribution in [0.2, 0.25) is 0 Å². The lowest BCUT2D eigenvalue weighted by Gasteiger charge is -2.01. The maximum atomic E-state index is 12.2. The molecule has 0 saturated heterocycles. The van der Waals surface area contributed by atoms with E-state index >= 15 is 0 Å². The largest absolute Gasteiger partial charge is 0.451 e. The molecule has 3 rings (SSSR count). The van der Waals surface area contributed by atoms with Gasteiger partial charge in [0, 0.05) is 7.05 Å². The van der Waals surface area contributed by atoms with E-state index in [-0.39, 0.29) is 18.0 Å². The van der Waals surface area contributed by atoms with Gasteiger partial charge in [-0.15, -0.1) is 5.10 Å². The minimum atomic E-state index is -0.898. The van der Waals surface area contributed by atoms with Crippen molar-refractivity contribution in [2.24, 2.45) is 7.05 Å². The molecule has 0 aliphatic rings. The number of nitrogens with zero attached hydrogens (tertiary/aromatic N) is 7. The van der Waals surface area contributed by atoms with Crippen LogP contribution in [0.3, 0.4) is 0 Å². The minimum Gasteiger partial charge on any atom is -0.390 e. The van der Waals surface area contributed by atoms with E-state index in [0.29, 0.717) is 15.8 Å². The summed E-state index contributed by atoms with van der Waals surface area (Å²) in [6.45, 7) is -0.100. The Morgan fingerprint density at radius 3 is 2.80 bits per heavy atom. The van der Waals surface area contributed by atoms with E-state index < -0.39 is 5.76 Å². The molecular weight excluding hydrogens is 266 g/mol. The predicted molar refractivity (Wildman–Crippen MR) is 63.6 cm³/mol. The number of fused-ring (bicyclic) bond motifs is 1. The Kier molecular flexibility index (Phi) is 2.47. The zero-order valence-electron chi connectivity index (χ0n) is 10.2. The molecule has 0 aliphatic heterocycles. The lowest BCUT2D eigenvalue weighted by Crippen LogP contribution is -2.22. The molecule has 10 heteroatoms. The van der Waals surface area contributed by atoms with Gasteiger partial charge in [0.25, 0.3) is 5.56 Å². The van der Waals surface area contributed by atoms with Crippen molar-refractivity contribution in [3.8, 4) is 6.19 Å². The van der Waals surface area contributed by atoms with Gasteiger partial charge >= 0.3 is 5.76 Å². The summed E-state index contributed by atoms with van der Waals surface area (Å²) in [5.74, 6) is -0.952. The maximum absolute atomic E-state index is 12.2. The van der Waals surface area contributed by atoms with Gasteiger partial charge in [-0.05, 0) is 0 Å². The van der Waals surface area contributed by atoms with Gasteiger partial charge in [-0.3, -0.25) is 9.36 Å². The van der Waals surface area contributed by atoms with Crippen molar-refractivity contribution in [1.29, 1.82) is 5.26 Å². The molecule has 3 aromatic heterocycles. The Morgan fingerprint density at radius 1 is 1.35 bits per heavy atom. The highest BCUT2D eigenvalue weighted by molar-refractivity contribution is 5.68. The van der Waals surface area contributed by atoms with Crippen LogP contribution >= 0.6 is 0 Å². The van der Waals surface area contributed by atoms with Crippen molar-refractivity contribution >= 4 is 11.2 Å². The fraction of sp³-hybridized carbons (Fsp3) is 0.200. The van der Waals surface area contributed by atoms with Crippen LogP contribution in [0.4, 0.5) is 0 Å². The van der Waals surface area contributed by atoms with E-state index in [1.165, 1.54) is 23.4 Å². The molecule has 0 unspecified atom stereocenters. The molecule has 0 atom stereocenters. The van der Waals surface area contributed by atoms with E-state index in [2.05, 4.69) is 15.1 Å². The van der Waals surface area contributed by atoms with Gasteiger partial charge < -0.3 is 8.98 Å². The van der Waals surface area contributed by atoms with Crippen LogP contribution in [0.25, 0.3) is 11.2 Å². The SMILES string of the molecule is Cn1cnc2ncn(Cc3nn(C#N)c(=O)o3)c(=O)c21. The summed E-state index contributed by atoms with van der Waals surface area (Å²) >= 11 is 0. The normalized spacial score (nSPS) is 10.8. The smallest absolute Gasteiger partial charge is 0.390 e. The first-order valence-electron chi connectivity index (χ1n) is 5.46. The first-order chi connectivity index (χ1) is 9.60. The van der Waals surface area contributed by atoms with E-state index in [0.717, 1.165) is 0 Å². The van der Waals surface area contributed by atoms with Gasteiger partial charge in [0.15, 0.2) is 11.2 Å². The number of aryl methyl sites for hydroxylation is 1. The third-order valence-electron chi connectivity index (χ3n) is 2.69. The van der Waals surface area contributed by atoms with Gasteiger partial charge in [-0.2, -0.15) is 5.26 Å². The zero-order chi connectivity index (χ0) is 14.3. The average molecular weight is 273 g/mol. The Labute approximate surface area is 110 Å². The monoisotopic (exact) mass is 273 g/mol. The van der Waals surface area contributed by atoms with Crippen LogP contribution in [0, 0.1) is 11.5 Å². The maximum Gasteiger partial charge on any atom is 0.451 e. The topological polar surface area (TPSA) is 125 Å². The molecule has 20 heavy (non-hydrogen) atoms. The van der Waals surface area contributed by atoms with Crippen molar-refractivity contribution in [3.05, 3.63) is 39.4 Å². The molecular formula is C10H7N7O3. The molecule has 0 aliphatic carbocycles. The third kappa shape index (κ3) is 1.69. The first kappa shape index (κ1) is 11.8. The lowest BCUT2D eigenvalue weighted by molar-refractivity contribution is 0.443. The predicted octanol–water partition coefficient (Wildman–Crippen LogP) is -1.34. The molecule has 3 heterocycles. The number of rotatable bonds is 2. The number of hydrogen-bond donors (Lipinski definition) is 0. The molecule has 0 fully saturated rings. The minimum absolute atomic E-state index is 0.0537. The Balaban J connectivity index is 2.09. The second-order valence-electron chi connectivity index (χ2n) is 3.98. The van der Waals surface area contributed by atoms with Crippen LogP contribution in [0.1, 0.15) is 5.89 Å². The molecule has 0 bridgehead atoms. The van der Waals surface area contributed by atoms with Crippen molar-refractivity contribution in [2.75, 3.05) is 0 Å². The van der Waals surface area contributed by atoms with Crippen LogP contribution in [-0.4, -0.2) is 28.9 Å². The van der Waals surface area contributed by atoms with Crippen molar-refractivity contribution < 1.29 is 4.42 Å². The molecule has 0 saturated carbocycles. The summed E-state index contributed by atoms with van der Waals surface area (Å²) in [6, 6.07) is 0. The highest BCUT2D eigenvalue weighted by atomic mass is 16.4. The van der Waals surface area contributed by atoms with Gasteiger partial charge in [0.1, 0.15) is 12.9 Å². The summed E-state index contributed by atoms with van der Waals surface area (Å²) in [5.41, 5.74) is 0.316. The molecule has 0 amide bonds. The Bertz CT molecular complexity index is 952. The fourth-order valence-corrected chi connectivity index (χ4v) is 1.77. The Morgan fingerprint density at radius 2 is 2.10 bits per heavy atom. The summed E-state index contributed by atoms with van der Waals surface area (Å²) in [5, 5.41) is 12.2. The van der Waals surface area contributed by atoms with Crippen LogP contribution < -0.4 is 11.3 Å². The van der Waals surface area contributed by atoms with Gasteiger partial charge in [-0.1, -0.05) is 4.68 Å². The second kappa shape index (κ2) is 4.16. The van der Waals surface area contributed by atoms with Crippen molar-refractivity contribution in [1.82, 2.24) is 28.9 Å². The van der Waals surface area contributed by atoms with E-state index in [4.69, 9.17) is 9.68 Å². The summed E-state index contributed by atoms with van der Waals surface area (Å²) in [7, 11) is 1.67. The average Bonchev–Trinajstić information content (AvgIpc) is 2.97. The van der Waals surface area contributed by atoms with Gasteiger partial charge in [-0.25, -0.2) is 14.8 Å². The highest BCUT2D eigenvalue weighted by Gasteiger charge is 2.12. The highest BCUT2D eigenvalue weighted by Crippen LogP contribution is 2.02. The molecule has 0 aromatic carbocycles. The van der Waals surface area contributed by atoms with E-state index in [9.17, 15) is 9.59 Å². The van der Waals surface area contributed by atoms with Gasteiger partial charge in [0.2, 0.25) is 12.1 Å².